The second-order valence-corrected chi connectivity index (χ2v) is 11.6. The summed E-state index contributed by atoms with van der Waals surface area (Å²) in [5.41, 5.74) is 0.975. The van der Waals surface area contributed by atoms with Crippen LogP contribution in [0.3, 0.4) is 0 Å². The summed E-state index contributed by atoms with van der Waals surface area (Å²) in [7, 11) is 0. The molecule has 4 nitrogen and oxygen atoms in total. The van der Waals surface area contributed by atoms with E-state index in [4.69, 9.17) is 4.74 Å². The molecule has 0 aliphatic rings. The minimum Gasteiger partial charge on any atom is -0.481 e. The number of aliphatic carboxylic acids is 1. The maximum atomic E-state index is 12.7. The van der Waals surface area contributed by atoms with Gasteiger partial charge in [-0.3, -0.25) is 9.59 Å². The van der Waals surface area contributed by atoms with E-state index >= 15 is 0 Å². The van der Waals surface area contributed by atoms with Crippen LogP contribution in [-0.4, -0.2) is 23.1 Å². The monoisotopic (exact) mass is 544 g/mol. The van der Waals surface area contributed by atoms with Crippen molar-refractivity contribution in [2.45, 2.75) is 168 Å². The van der Waals surface area contributed by atoms with Gasteiger partial charge in [0, 0.05) is 6.42 Å². The van der Waals surface area contributed by atoms with Crippen molar-refractivity contribution in [3.63, 3.8) is 0 Å². The zero-order valence-corrected chi connectivity index (χ0v) is 25.5. The highest BCUT2D eigenvalue weighted by Gasteiger charge is 2.31. The highest BCUT2D eigenvalue weighted by atomic mass is 16.5. The Morgan fingerprint density at radius 3 is 1.54 bits per heavy atom. The van der Waals surface area contributed by atoms with Gasteiger partial charge in [-0.25, -0.2) is 0 Å². The Bertz CT molecular complexity index is 702. The van der Waals surface area contributed by atoms with E-state index in [2.05, 4.69) is 13.8 Å². The Hall–Kier alpha value is -1.84. The van der Waals surface area contributed by atoms with Gasteiger partial charge in [0.1, 0.15) is 6.10 Å². The molecule has 0 aromatic heterocycles. The molecule has 0 radical (unpaired) electrons. The van der Waals surface area contributed by atoms with E-state index < -0.39 is 18.0 Å². The average molecular weight is 545 g/mol. The van der Waals surface area contributed by atoms with Gasteiger partial charge in [-0.05, 0) is 31.2 Å². The predicted octanol–water partition coefficient (Wildman–Crippen LogP) is 10.5. The van der Waals surface area contributed by atoms with Crippen LogP contribution < -0.4 is 0 Å². The minimum absolute atomic E-state index is 0.230. The Balaban J connectivity index is 2.43. The lowest BCUT2D eigenvalue weighted by molar-refractivity contribution is -0.159. The molecule has 1 aromatic carbocycles. The fraction of sp³-hybridized carbons (Fsp3) is 0.771. The average Bonchev–Trinajstić information content (AvgIpc) is 2.93. The number of esters is 1. The number of carbonyl (C=O) groups excluding carboxylic acids is 1. The summed E-state index contributed by atoms with van der Waals surface area (Å²) in [5.74, 6) is -1.81. The molecular formula is C35H60O4. The molecule has 0 bridgehead atoms. The Labute approximate surface area is 240 Å². The summed E-state index contributed by atoms with van der Waals surface area (Å²) < 4.78 is 5.89. The molecule has 0 saturated carbocycles. The molecule has 0 fully saturated rings. The Morgan fingerprint density at radius 1 is 0.641 bits per heavy atom. The first-order valence-electron chi connectivity index (χ1n) is 16.5. The fourth-order valence-electron chi connectivity index (χ4n) is 5.41. The molecule has 1 aromatic rings. The third-order valence-corrected chi connectivity index (χ3v) is 7.92. The molecule has 2 atom stereocenters. The van der Waals surface area contributed by atoms with Crippen LogP contribution in [0.15, 0.2) is 30.3 Å². The summed E-state index contributed by atoms with van der Waals surface area (Å²) in [6.45, 7) is 4.49. The molecule has 39 heavy (non-hydrogen) atoms. The van der Waals surface area contributed by atoms with Crippen LogP contribution in [0.1, 0.15) is 161 Å². The van der Waals surface area contributed by atoms with Gasteiger partial charge in [0.15, 0.2) is 0 Å². The molecule has 1 rings (SSSR count). The van der Waals surface area contributed by atoms with Crippen molar-refractivity contribution in [2.24, 2.45) is 5.92 Å². The number of hydrogen-bond acceptors (Lipinski definition) is 3. The van der Waals surface area contributed by atoms with E-state index in [1.165, 1.54) is 96.3 Å². The first-order chi connectivity index (χ1) is 19.1. The number of ether oxygens (including phenoxy) is 1. The molecule has 0 saturated heterocycles. The van der Waals surface area contributed by atoms with Crippen molar-refractivity contribution in [1.29, 1.82) is 0 Å². The van der Waals surface area contributed by atoms with E-state index in [1.54, 1.807) is 0 Å². The molecule has 1 N–H and O–H groups in total. The van der Waals surface area contributed by atoms with Gasteiger partial charge >= 0.3 is 11.9 Å². The molecule has 0 heterocycles. The van der Waals surface area contributed by atoms with Crippen molar-refractivity contribution in [3.8, 4) is 0 Å². The standard InChI is InChI=1S/C35H60O4/c1-3-5-7-9-11-13-14-16-18-20-25-29-34(36)39-33(28-24-19-17-15-12-10-8-6-4-2)32(35(37)38)30-31-26-22-21-23-27-31/h21-23,26-27,32-33H,3-20,24-25,28-30H2,1-2H3,(H,37,38)/t32-,33?/m1/s1. The van der Waals surface area contributed by atoms with Gasteiger partial charge in [0.05, 0.1) is 5.92 Å². The minimum atomic E-state index is -0.873. The summed E-state index contributed by atoms with van der Waals surface area (Å²) in [6, 6.07) is 9.72. The number of unbranched alkanes of at least 4 members (excludes halogenated alkanes) is 18. The Morgan fingerprint density at radius 2 is 1.08 bits per heavy atom. The van der Waals surface area contributed by atoms with Gasteiger partial charge in [0.25, 0.3) is 0 Å². The van der Waals surface area contributed by atoms with Crippen LogP contribution in [0.2, 0.25) is 0 Å². The summed E-state index contributed by atoms with van der Waals surface area (Å²) >= 11 is 0. The maximum Gasteiger partial charge on any atom is 0.310 e. The molecule has 0 aliphatic carbocycles. The van der Waals surface area contributed by atoms with E-state index in [1.807, 2.05) is 30.3 Å². The van der Waals surface area contributed by atoms with Gasteiger partial charge in [-0.15, -0.1) is 0 Å². The lowest BCUT2D eigenvalue weighted by Gasteiger charge is -2.24. The van der Waals surface area contributed by atoms with Gasteiger partial charge in [0.2, 0.25) is 0 Å². The number of rotatable bonds is 27. The van der Waals surface area contributed by atoms with Crippen LogP contribution in [0.5, 0.6) is 0 Å². The van der Waals surface area contributed by atoms with Crippen LogP contribution in [-0.2, 0) is 20.7 Å². The quantitative estimate of drug-likeness (QED) is 0.0883. The molecule has 1 unspecified atom stereocenters. The summed E-state index contributed by atoms with van der Waals surface area (Å²) in [5, 5.41) is 10.0. The van der Waals surface area contributed by atoms with E-state index in [0.29, 0.717) is 19.3 Å². The SMILES string of the molecule is CCCCCCCCCCCCCC(=O)OC(CCCCCCCCCCC)[C@@H](Cc1ccccc1)C(=O)O. The zero-order chi connectivity index (χ0) is 28.4. The van der Waals surface area contributed by atoms with Crippen LogP contribution >= 0.6 is 0 Å². The number of carboxylic acids is 1. The van der Waals surface area contributed by atoms with Crippen molar-refractivity contribution in [2.75, 3.05) is 0 Å². The highest BCUT2D eigenvalue weighted by Crippen LogP contribution is 2.23. The van der Waals surface area contributed by atoms with Gasteiger partial charge in [-0.1, -0.05) is 160 Å². The molecule has 0 amide bonds. The maximum absolute atomic E-state index is 12.7. The molecular weight excluding hydrogens is 484 g/mol. The number of carboxylic acid groups (broad SMARTS) is 1. The smallest absolute Gasteiger partial charge is 0.310 e. The lowest BCUT2D eigenvalue weighted by atomic mass is 9.90. The van der Waals surface area contributed by atoms with Crippen molar-refractivity contribution >= 4 is 11.9 Å². The normalized spacial score (nSPS) is 12.8. The van der Waals surface area contributed by atoms with Gasteiger partial charge in [-0.2, -0.15) is 0 Å². The van der Waals surface area contributed by atoms with Crippen LogP contribution in [0.4, 0.5) is 0 Å². The summed E-state index contributed by atoms with van der Waals surface area (Å²) in [4.78, 5) is 25.0. The fourth-order valence-corrected chi connectivity index (χ4v) is 5.41. The highest BCUT2D eigenvalue weighted by molar-refractivity contribution is 5.73. The molecule has 224 valence electrons. The third kappa shape index (κ3) is 19.8. The van der Waals surface area contributed by atoms with Crippen molar-refractivity contribution in [3.05, 3.63) is 35.9 Å². The van der Waals surface area contributed by atoms with E-state index in [0.717, 1.165) is 37.7 Å². The number of hydrogen-bond donors (Lipinski definition) is 1. The lowest BCUT2D eigenvalue weighted by Crippen LogP contribution is -2.34. The second kappa shape index (κ2) is 25.1. The second-order valence-electron chi connectivity index (χ2n) is 11.6. The van der Waals surface area contributed by atoms with E-state index in [9.17, 15) is 14.7 Å². The van der Waals surface area contributed by atoms with Gasteiger partial charge < -0.3 is 9.84 Å². The zero-order valence-electron chi connectivity index (χ0n) is 25.5. The van der Waals surface area contributed by atoms with Crippen molar-refractivity contribution in [1.82, 2.24) is 0 Å². The third-order valence-electron chi connectivity index (χ3n) is 7.92. The van der Waals surface area contributed by atoms with E-state index in [-0.39, 0.29) is 5.97 Å². The molecule has 4 heteroatoms. The first-order valence-corrected chi connectivity index (χ1v) is 16.5. The van der Waals surface area contributed by atoms with Crippen molar-refractivity contribution < 1.29 is 19.4 Å². The predicted molar refractivity (Wildman–Crippen MR) is 164 cm³/mol. The van der Waals surface area contributed by atoms with Crippen LogP contribution in [0, 0.1) is 5.92 Å². The largest absolute Gasteiger partial charge is 0.481 e. The van der Waals surface area contributed by atoms with Crippen LogP contribution in [0.25, 0.3) is 0 Å². The summed E-state index contributed by atoms with van der Waals surface area (Å²) in [6.07, 6.45) is 25.4. The topological polar surface area (TPSA) is 63.6 Å². The number of benzene rings is 1. The molecule has 0 spiro atoms. The molecule has 0 aliphatic heterocycles. The number of carbonyl (C=O) groups is 2. The first kappa shape index (κ1) is 35.2. The Kier molecular flexibility index (Phi) is 22.7.